The largest absolute Gasteiger partial charge is 0.457 e. The summed E-state index contributed by atoms with van der Waals surface area (Å²) >= 11 is 0. The van der Waals surface area contributed by atoms with Crippen LogP contribution in [0.15, 0.2) is 53.7 Å². The molecule has 2 rings (SSSR count). The Morgan fingerprint density at radius 1 is 1.08 bits per heavy atom. The highest BCUT2D eigenvalue weighted by molar-refractivity contribution is 5.63. The van der Waals surface area contributed by atoms with Gasteiger partial charge in [0.05, 0.1) is 11.0 Å². The maximum Gasteiger partial charge on any atom is 0.275 e. The lowest BCUT2D eigenvalue weighted by molar-refractivity contribution is -0.384. The molecule has 1 N–H and O–H groups in total. The number of nitro groups is 1. The Kier molecular flexibility index (Phi) is 5.51. The maximum atomic E-state index is 11.2. The summed E-state index contributed by atoms with van der Waals surface area (Å²) in [7, 11) is 0. The van der Waals surface area contributed by atoms with Crippen molar-refractivity contribution in [2.45, 2.75) is 6.92 Å². The van der Waals surface area contributed by atoms with Gasteiger partial charge >= 0.3 is 0 Å². The number of nitro benzene ring substituents is 1. The van der Waals surface area contributed by atoms with E-state index in [1.807, 2.05) is 13.0 Å². The van der Waals surface area contributed by atoms with Crippen LogP contribution in [-0.2, 0) is 0 Å². The van der Waals surface area contributed by atoms with Crippen LogP contribution >= 0.6 is 0 Å². The predicted molar refractivity (Wildman–Crippen MR) is 91.8 cm³/mol. The molecule has 0 saturated heterocycles. The number of hydrogen-bond acceptors (Lipinski definition) is 7. The van der Waals surface area contributed by atoms with Crippen LogP contribution in [0.3, 0.4) is 0 Å². The third-order valence-electron chi connectivity index (χ3n) is 3.18. The lowest BCUT2D eigenvalue weighted by Gasteiger charge is -2.10. The van der Waals surface area contributed by atoms with E-state index in [4.69, 9.17) is 20.5 Å². The number of benzene rings is 2. The minimum atomic E-state index is -0.612. The van der Waals surface area contributed by atoms with Crippen molar-refractivity contribution in [3.63, 3.8) is 0 Å². The first-order valence-electron chi connectivity index (χ1n) is 7.22. The molecule has 2 aromatic carbocycles. The summed E-state index contributed by atoms with van der Waals surface area (Å²) in [5.41, 5.74) is 0.0811. The molecule has 126 valence electrons. The number of anilines is 1. The lowest BCUT2D eigenvalue weighted by Crippen LogP contribution is -2.02. The topological polar surface area (TPSA) is 136 Å². The van der Waals surface area contributed by atoms with Crippen LogP contribution in [0.1, 0.15) is 5.56 Å². The average Bonchev–Trinajstić information content (AvgIpc) is 2.61. The van der Waals surface area contributed by atoms with Gasteiger partial charge in [-0.05, 0) is 24.6 Å². The lowest BCUT2D eigenvalue weighted by atomic mass is 10.2. The van der Waals surface area contributed by atoms with Crippen LogP contribution in [0.2, 0.25) is 0 Å². The predicted octanol–water partition coefficient (Wildman–Crippen LogP) is 3.93. The zero-order valence-corrected chi connectivity index (χ0v) is 13.6. The van der Waals surface area contributed by atoms with Gasteiger partial charge < -0.3 is 10.1 Å². The molecule has 0 amide bonds. The van der Waals surface area contributed by atoms with E-state index in [0.717, 1.165) is 5.56 Å². The number of non-ortho nitro benzene ring substituents is 1. The molecular weight excluding hydrogens is 334 g/mol. The number of nitriles is 3. The molecule has 0 aromatic heterocycles. The Hall–Kier alpha value is -4.35. The van der Waals surface area contributed by atoms with Crippen molar-refractivity contribution in [3.8, 4) is 29.7 Å². The monoisotopic (exact) mass is 345 g/mol. The van der Waals surface area contributed by atoms with Gasteiger partial charge in [-0.15, -0.1) is 0 Å². The molecule has 0 unspecified atom stereocenters. The van der Waals surface area contributed by atoms with Crippen molar-refractivity contribution in [2.75, 3.05) is 5.32 Å². The van der Waals surface area contributed by atoms with E-state index >= 15 is 0 Å². The fourth-order valence-corrected chi connectivity index (χ4v) is 2.06. The van der Waals surface area contributed by atoms with E-state index in [1.54, 1.807) is 36.4 Å². The zero-order valence-electron chi connectivity index (χ0n) is 13.6. The van der Waals surface area contributed by atoms with Gasteiger partial charge in [-0.2, -0.15) is 15.8 Å². The van der Waals surface area contributed by atoms with E-state index in [1.165, 1.54) is 18.2 Å². The zero-order chi connectivity index (χ0) is 19.1. The highest BCUT2D eigenvalue weighted by Crippen LogP contribution is 2.30. The number of nitrogens with one attached hydrogen (secondary N) is 1. The van der Waals surface area contributed by atoms with Crippen molar-refractivity contribution in [2.24, 2.45) is 0 Å². The molecule has 0 atom stereocenters. The molecule has 0 bridgehead atoms. The molecule has 0 spiro atoms. The van der Waals surface area contributed by atoms with E-state index in [0.29, 0.717) is 5.75 Å². The average molecular weight is 345 g/mol. The Labute approximate surface area is 148 Å². The molecule has 26 heavy (non-hydrogen) atoms. The smallest absolute Gasteiger partial charge is 0.275 e. The second-order valence-corrected chi connectivity index (χ2v) is 5.10. The summed E-state index contributed by atoms with van der Waals surface area (Å²) in [6.45, 7) is 1.88. The minimum Gasteiger partial charge on any atom is -0.457 e. The minimum absolute atomic E-state index is 0.140. The van der Waals surface area contributed by atoms with Crippen LogP contribution in [0.25, 0.3) is 0 Å². The van der Waals surface area contributed by atoms with Gasteiger partial charge in [0.15, 0.2) is 5.57 Å². The normalized spacial score (nSPS) is 9.15. The molecule has 0 aliphatic heterocycles. The molecule has 0 aliphatic carbocycles. The van der Waals surface area contributed by atoms with Crippen LogP contribution in [0.5, 0.6) is 11.5 Å². The second-order valence-electron chi connectivity index (χ2n) is 5.10. The Bertz CT molecular complexity index is 1010. The molecule has 8 heteroatoms. The molecule has 8 nitrogen and oxygen atoms in total. The first-order valence-corrected chi connectivity index (χ1v) is 7.22. The van der Waals surface area contributed by atoms with Gasteiger partial charge in [-0.1, -0.05) is 12.1 Å². The number of rotatable bonds is 5. The quantitative estimate of drug-likeness (QED) is 0.492. The molecule has 0 heterocycles. The first kappa shape index (κ1) is 18.0. The van der Waals surface area contributed by atoms with Gasteiger partial charge in [0, 0.05) is 17.8 Å². The fourth-order valence-electron chi connectivity index (χ4n) is 2.06. The van der Waals surface area contributed by atoms with Gasteiger partial charge in [-0.25, -0.2) is 0 Å². The Morgan fingerprint density at radius 3 is 2.38 bits per heavy atom. The van der Waals surface area contributed by atoms with Crippen LogP contribution < -0.4 is 10.1 Å². The van der Waals surface area contributed by atoms with Gasteiger partial charge in [0.1, 0.15) is 35.4 Å². The second kappa shape index (κ2) is 7.96. The van der Waals surface area contributed by atoms with Gasteiger partial charge in [0.2, 0.25) is 0 Å². The molecule has 0 aliphatic rings. The number of allylic oxidation sites excluding steroid dienone is 2. The standard InChI is InChI=1S/C18H11N5O3/c1-12-3-2-4-16(5-12)26-17-7-14(6-15(8-17)23(24)25)22-18(11-21)13(9-19)10-20/h2-8,22H,1H3. The van der Waals surface area contributed by atoms with Crippen molar-refractivity contribution < 1.29 is 9.66 Å². The highest BCUT2D eigenvalue weighted by atomic mass is 16.6. The molecule has 2 aromatic rings. The van der Waals surface area contributed by atoms with Crippen molar-refractivity contribution in [3.05, 3.63) is 69.4 Å². The molecule has 0 saturated carbocycles. The molecule has 0 fully saturated rings. The van der Waals surface area contributed by atoms with Crippen molar-refractivity contribution in [1.82, 2.24) is 0 Å². The van der Waals surface area contributed by atoms with Gasteiger partial charge in [0.25, 0.3) is 5.69 Å². The number of ether oxygens (including phenoxy) is 1. The van der Waals surface area contributed by atoms with E-state index in [9.17, 15) is 10.1 Å². The fraction of sp³-hybridized carbons (Fsp3) is 0.0556. The summed E-state index contributed by atoms with van der Waals surface area (Å²) in [6.07, 6.45) is 0. The third kappa shape index (κ3) is 4.35. The summed E-state index contributed by atoms with van der Waals surface area (Å²) in [5.74, 6) is 0.655. The van der Waals surface area contributed by atoms with Crippen molar-refractivity contribution >= 4 is 11.4 Å². The Morgan fingerprint density at radius 2 is 1.81 bits per heavy atom. The number of nitrogens with zero attached hydrogens (tertiary/aromatic N) is 4. The van der Waals surface area contributed by atoms with E-state index in [-0.39, 0.29) is 22.8 Å². The summed E-state index contributed by atoms with van der Waals surface area (Å²) in [4.78, 5) is 10.5. The third-order valence-corrected chi connectivity index (χ3v) is 3.18. The number of hydrogen-bond donors (Lipinski definition) is 1. The van der Waals surface area contributed by atoms with Crippen LogP contribution in [-0.4, -0.2) is 4.92 Å². The Balaban J connectivity index is 2.45. The van der Waals surface area contributed by atoms with Crippen molar-refractivity contribution in [1.29, 1.82) is 15.8 Å². The number of aryl methyl sites for hydroxylation is 1. The van der Waals surface area contributed by atoms with E-state index in [2.05, 4.69) is 5.32 Å². The highest BCUT2D eigenvalue weighted by Gasteiger charge is 2.14. The summed E-state index contributed by atoms with van der Waals surface area (Å²) in [6, 6.07) is 15.8. The first-order chi connectivity index (χ1) is 12.5. The summed E-state index contributed by atoms with van der Waals surface area (Å²) < 4.78 is 5.65. The van der Waals surface area contributed by atoms with Crippen LogP contribution in [0, 0.1) is 51.0 Å². The molecular formula is C18H11N5O3. The SMILES string of the molecule is Cc1cccc(Oc2cc(NC(C#N)=C(C#N)C#N)cc([N+](=O)[O-])c2)c1. The maximum absolute atomic E-state index is 11.2. The summed E-state index contributed by atoms with van der Waals surface area (Å²) in [5, 5.41) is 40.5. The van der Waals surface area contributed by atoms with Crippen LogP contribution in [0.4, 0.5) is 11.4 Å². The molecule has 0 radical (unpaired) electrons. The van der Waals surface area contributed by atoms with E-state index < -0.39 is 10.5 Å². The van der Waals surface area contributed by atoms with Gasteiger partial charge in [-0.3, -0.25) is 10.1 Å².